The third kappa shape index (κ3) is 3.92. The van der Waals surface area contributed by atoms with Crippen LogP contribution in [0.5, 0.6) is 0 Å². The first-order chi connectivity index (χ1) is 9.43. The van der Waals surface area contributed by atoms with Crippen molar-refractivity contribution in [2.45, 2.75) is 18.9 Å². The van der Waals surface area contributed by atoms with Crippen molar-refractivity contribution in [1.82, 2.24) is 15.2 Å². The molecular weight excluding hydrogens is 274 g/mol. The Bertz CT molecular complexity index is 384. The summed E-state index contributed by atoms with van der Waals surface area (Å²) in [6, 6.07) is 4.78. The molecule has 0 aromatic carbocycles. The van der Waals surface area contributed by atoms with Gasteiger partial charge < -0.3 is 10.1 Å². The van der Waals surface area contributed by atoms with Crippen molar-refractivity contribution < 1.29 is 4.74 Å². The molecule has 0 saturated carbocycles. The zero-order valence-electron chi connectivity index (χ0n) is 11.8. The number of rotatable bonds is 4. The Kier molecular flexibility index (Phi) is 6.23. The molecule has 4 nitrogen and oxygen atoms in total. The van der Waals surface area contributed by atoms with E-state index in [1.54, 1.807) is 0 Å². The average Bonchev–Trinajstić information content (AvgIpc) is 3.00. The normalized spacial score (nSPS) is 27.2. The van der Waals surface area contributed by atoms with E-state index in [4.69, 9.17) is 4.74 Å². The van der Waals surface area contributed by atoms with Gasteiger partial charge in [0.2, 0.25) is 0 Å². The summed E-state index contributed by atoms with van der Waals surface area (Å²) < 4.78 is 5.47. The number of halogens is 1. The van der Waals surface area contributed by atoms with E-state index in [0.29, 0.717) is 6.04 Å². The number of pyridine rings is 1. The Labute approximate surface area is 127 Å². The molecule has 1 aromatic heterocycles. The Morgan fingerprint density at radius 1 is 1.35 bits per heavy atom. The zero-order chi connectivity index (χ0) is 12.9. The van der Waals surface area contributed by atoms with Gasteiger partial charge in [0.15, 0.2) is 0 Å². The lowest BCUT2D eigenvalue weighted by molar-refractivity contribution is 0.143. The maximum absolute atomic E-state index is 5.47. The van der Waals surface area contributed by atoms with E-state index in [9.17, 15) is 0 Å². The van der Waals surface area contributed by atoms with Crippen LogP contribution in [0.25, 0.3) is 0 Å². The number of aromatic nitrogens is 1. The summed E-state index contributed by atoms with van der Waals surface area (Å²) in [6.07, 6.45) is 6.30. The number of ether oxygens (including phenoxy) is 1. The molecule has 0 spiro atoms. The third-order valence-corrected chi connectivity index (χ3v) is 4.29. The first kappa shape index (κ1) is 15.7. The minimum atomic E-state index is 0. The van der Waals surface area contributed by atoms with Crippen LogP contribution in [0.2, 0.25) is 0 Å². The standard InChI is InChI=1S/C15H23N3O.ClH/c1-5-16-6-2-14(1)15-11-17-7-9-18(15)8-3-13-4-10-19-12-13;/h1-2,5-6,13,15,17H,3-4,7-12H2;1H. The molecule has 112 valence electrons. The molecule has 2 aliphatic rings. The first-order valence-corrected chi connectivity index (χ1v) is 7.36. The van der Waals surface area contributed by atoms with Crippen LogP contribution in [0, 0.1) is 5.92 Å². The molecule has 0 bridgehead atoms. The Morgan fingerprint density at radius 2 is 2.20 bits per heavy atom. The monoisotopic (exact) mass is 297 g/mol. The lowest BCUT2D eigenvalue weighted by atomic mass is 10.0. The molecule has 1 aromatic rings. The summed E-state index contributed by atoms with van der Waals surface area (Å²) in [5, 5.41) is 3.50. The maximum Gasteiger partial charge on any atom is 0.0495 e. The van der Waals surface area contributed by atoms with Crippen LogP contribution in [0.1, 0.15) is 24.4 Å². The number of piperazine rings is 1. The molecule has 1 N–H and O–H groups in total. The van der Waals surface area contributed by atoms with Crippen molar-refractivity contribution in [3.63, 3.8) is 0 Å². The minimum absolute atomic E-state index is 0. The summed E-state index contributed by atoms with van der Waals surface area (Å²) in [5.74, 6) is 0.771. The molecule has 2 atom stereocenters. The zero-order valence-corrected chi connectivity index (χ0v) is 12.6. The molecule has 0 radical (unpaired) electrons. The van der Waals surface area contributed by atoms with Crippen molar-refractivity contribution in [3.05, 3.63) is 30.1 Å². The Balaban J connectivity index is 0.00000147. The smallest absolute Gasteiger partial charge is 0.0495 e. The molecule has 0 amide bonds. The van der Waals surface area contributed by atoms with E-state index in [0.717, 1.165) is 38.8 Å². The van der Waals surface area contributed by atoms with E-state index in [1.165, 1.54) is 24.9 Å². The minimum Gasteiger partial charge on any atom is -0.381 e. The lowest BCUT2D eigenvalue weighted by Crippen LogP contribution is -2.46. The SMILES string of the molecule is Cl.c1cc(C2CNCCN2CCC2CCOC2)ccn1. The van der Waals surface area contributed by atoms with Gasteiger partial charge in [-0.15, -0.1) is 12.4 Å². The molecule has 20 heavy (non-hydrogen) atoms. The molecule has 2 fully saturated rings. The fourth-order valence-corrected chi connectivity index (χ4v) is 3.09. The fourth-order valence-electron chi connectivity index (χ4n) is 3.09. The second kappa shape index (κ2) is 7.93. The maximum atomic E-state index is 5.47. The van der Waals surface area contributed by atoms with Crippen LogP contribution in [0.15, 0.2) is 24.5 Å². The molecule has 3 heterocycles. The van der Waals surface area contributed by atoms with Gasteiger partial charge in [-0.1, -0.05) is 0 Å². The molecule has 2 aliphatic heterocycles. The predicted molar refractivity (Wildman–Crippen MR) is 82.2 cm³/mol. The molecule has 5 heteroatoms. The van der Waals surface area contributed by atoms with Gasteiger partial charge in [-0.2, -0.15) is 0 Å². The number of hydrogen-bond donors (Lipinski definition) is 1. The fraction of sp³-hybridized carbons (Fsp3) is 0.667. The summed E-state index contributed by atoms with van der Waals surface area (Å²) in [4.78, 5) is 6.73. The highest BCUT2D eigenvalue weighted by Gasteiger charge is 2.25. The van der Waals surface area contributed by atoms with E-state index in [-0.39, 0.29) is 12.4 Å². The van der Waals surface area contributed by atoms with Crippen LogP contribution in [-0.4, -0.2) is 49.3 Å². The third-order valence-electron chi connectivity index (χ3n) is 4.29. The van der Waals surface area contributed by atoms with Gasteiger partial charge in [0, 0.05) is 51.3 Å². The van der Waals surface area contributed by atoms with E-state index in [1.807, 2.05) is 12.4 Å². The summed E-state index contributed by atoms with van der Waals surface area (Å²) >= 11 is 0. The van der Waals surface area contributed by atoms with E-state index < -0.39 is 0 Å². The van der Waals surface area contributed by atoms with Gasteiger partial charge in [-0.05, 0) is 43.0 Å². The number of nitrogens with one attached hydrogen (secondary N) is 1. The van der Waals surface area contributed by atoms with E-state index in [2.05, 4.69) is 27.3 Å². The first-order valence-electron chi connectivity index (χ1n) is 7.36. The van der Waals surface area contributed by atoms with E-state index >= 15 is 0 Å². The Morgan fingerprint density at radius 3 is 2.95 bits per heavy atom. The van der Waals surface area contributed by atoms with Crippen LogP contribution in [0.3, 0.4) is 0 Å². The molecular formula is C15H24ClN3O. The van der Waals surface area contributed by atoms with Gasteiger partial charge in [0.1, 0.15) is 0 Å². The van der Waals surface area contributed by atoms with Crippen LogP contribution >= 0.6 is 12.4 Å². The van der Waals surface area contributed by atoms with Crippen molar-refractivity contribution in [2.75, 3.05) is 39.4 Å². The van der Waals surface area contributed by atoms with Crippen LogP contribution < -0.4 is 5.32 Å². The highest BCUT2D eigenvalue weighted by Crippen LogP contribution is 2.24. The summed E-state index contributed by atoms with van der Waals surface area (Å²) in [5.41, 5.74) is 1.38. The quantitative estimate of drug-likeness (QED) is 0.921. The van der Waals surface area contributed by atoms with Crippen molar-refractivity contribution >= 4 is 12.4 Å². The highest BCUT2D eigenvalue weighted by molar-refractivity contribution is 5.85. The van der Waals surface area contributed by atoms with Crippen molar-refractivity contribution in [3.8, 4) is 0 Å². The van der Waals surface area contributed by atoms with Gasteiger partial charge in [0.05, 0.1) is 0 Å². The summed E-state index contributed by atoms with van der Waals surface area (Å²) in [7, 11) is 0. The van der Waals surface area contributed by atoms with Crippen molar-refractivity contribution in [2.24, 2.45) is 5.92 Å². The second-order valence-corrected chi connectivity index (χ2v) is 5.55. The topological polar surface area (TPSA) is 37.4 Å². The molecule has 0 aliphatic carbocycles. The second-order valence-electron chi connectivity index (χ2n) is 5.55. The van der Waals surface area contributed by atoms with Crippen LogP contribution in [0.4, 0.5) is 0 Å². The van der Waals surface area contributed by atoms with Crippen LogP contribution in [-0.2, 0) is 4.74 Å². The molecule has 3 rings (SSSR count). The largest absolute Gasteiger partial charge is 0.381 e. The molecule has 2 saturated heterocycles. The van der Waals surface area contributed by atoms with Gasteiger partial charge in [-0.25, -0.2) is 0 Å². The number of hydrogen-bond acceptors (Lipinski definition) is 4. The lowest BCUT2D eigenvalue weighted by Gasteiger charge is -2.37. The predicted octanol–water partition coefficient (Wildman–Crippen LogP) is 1.88. The van der Waals surface area contributed by atoms with Gasteiger partial charge >= 0.3 is 0 Å². The Hall–Kier alpha value is -0.680. The average molecular weight is 298 g/mol. The van der Waals surface area contributed by atoms with Gasteiger partial charge in [0.25, 0.3) is 0 Å². The van der Waals surface area contributed by atoms with Gasteiger partial charge in [-0.3, -0.25) is 9.88 Å². The number of nitrogens with zero attached hydrogens (tertiary/aromatic N) is 2. The van der Waals surface area contributed by atoms with Crippen molar-refractivity contribution in [1.29, 1.82) is 0 Å². The summed E-state index contributed by atoms with van der Waals surface area (Å²) in [6.45, 7) is 6.39. The molecule has 2 unspecified atom stereocenters. The highest BCUT2D eigenvalue weighted by atomic mass is 35.5.